The minimum Gasteiger partial charge on any atom is -0.465 e. The highest BCUT2D eigenvalue weighted by atomic mass is 32.2. The average molecular weight is 552 g/mol. The molecule has 4 heterocycles. The van der Waals surface area contributed by atoms with Crippen molar-refractivity contribution < 1.29 is 18.3 Å². The summed E-state index contributed by atoms with van der Waals surface area (Å²) in [5.41, 5.74) is 2.51. The summed E-state index contributed by atoms with van der Waals surface area (Å²) in [4.78, 5) is 26.8. The Bertz CT molecular complexity index is 1390. The normalized spacial score (nSPS) is 18.4. The first-order valence-electron chi connectivity index (χ1n) is 11.8. The fourth-order valence-electron chi connectivity index (χ4n) is 4.37. The third kappa shape index (κ3) is 5.18. The van der Waals surface area contributed by atoms with E-state index in [1.165, 1.54) is 9.87 Å². The van der Waals surface area contributed by atoms with Crippen LogP contribution < -0.4 is 10.6 Å². The van der Waals surface area contributed by atoms with Crippen molar-refractivity contribution >= 4 is 60.0 Å². The van der Waals surface area contributed by atoms with Gasteiger partial charge in [-0.25, -0.2) is 28.2 Å². The number of aryl methyl sites for hydroxylation is 2. The largest absolute Gasteiger partial charge is 0.465 e. The van der Waals surface area contributed by atoms with E-state index in [9.17, 15) is 13.2 Å². The molecule has 36 heavy (non-hydrogen) atoms. The zero-order valence-corrected chi connectivity index (χ0v) is 22.8. The molecule has 14 heteroatoms. The van der Waals surface area contributed by atoms with Gasteiger partial charge < -0.3 is 10.4 Å². The number of piperazine rings is 1. The average Bonchev–Trinajstić information content (AvgIpc) is 3.51. The lowest BCUT2D eigenvalue weighted by molar-refractivity contribution is 0.184. The number of fused-ring (bicyclic) bond motifs is 1. The lowest BCUT2D eigenvalue weighted by Gasteiger charge is -2.35. The molecule has 1 saturated heterocycles. The topological polar surface area (TPSA) is 141 Å². The first-order chi connectivity index (χ1) is 17.1. The number of hydrogen-bond acceptors (Lipinski definition) is 10. The minimum absolute atomic E-state index is 0.0571. The van der Waals surface area contributed by atoms with Crippen LogP contribution in [0, 0.1) is 13.8 Å². The van der Waals surface area contributed by atoms with E-state index in [1.807, 2.05) is 0 Å². The van der Waals surface area contributed by atoms with Gasteiger partial charge in [0.25, 0.3) is 10.0 Å². The van der Waals surface area contributed by atoms with Gasteiger partial charge in [0, 0.05) is 44.7 Å². The van der Waals surface area contributed by atoms with Gasteiger partial charge in [0.05, 0.1) is 15.9 Å². The summed E-state index contributed by atoms with van der Waals surface area (Å²) in [5, 5.41) is 16.8. The number of anilines is 2. The van der Waals surface area contributed by atoms with Gasteiger partial charge in [0.2, 0.25) is 0 Å². The van der Waals surface area contributed by atoms with Crippen LogP contribution in [0.2, 0.25) is 0 Å². The Morgan fingerprint density at radius 2 is 1.92 bits per heavy atom. The summed E-state index contributed by atoms with van der Waals surface area (Å²) in [5.74, 6) is 2.29. The zero-order chi connectivity index (χ0) is 25.6. The van der Waals surface area contributed by atoms with Crippen LogP contribution in [0.1, 0.15) is 42.8 Å². The number of nitrogens with zero attached hydrogens (tertiary/aromatic N) is 5. The summed E-state index contributed by atoms with van der Waals surface area (Å²) in [6.45, 7) is 8.47. The van der Waals surface area contributed by atoms with Gasteiger partial charge in [-0.05, 0) is 44.6 Å². The fraction of sp³-hybridized carbons (Fsp3) is 0.545. The van der Waals surface area contributed by atoms with Gasteiger partial charge in [-0.15, -0.1) is 11.3 Å². The lowest BCUT2D eigenvalue weighted by Crippen LogP contribution is -2.50. The molecule has 1 aliphatic heterocycles. The zero-order valence-electron chi connectivity index (χ0n) is 20.3. The van der Waals surface area contributed by atoms with E-state index >= 15 is 0 Å². The minimum atomic E-state index is -3.74. The van der Waals surface area contributed by atoms with Gasteiger partial charge >= 0.3 is 6.09 Å². The molecule has 194 valence electrons. The van der Waals surface area contributed by atoms with Crippen LogP contribution in [0.5, 0.6) is 0 Å². The van der Waals surface area contributed by atoms with E-state index in [-0.39, 0.29) is 15.4 Å². The third-order valence-corrected chi connectivity index (χ3v) is 11.0. The van der Waals surface area contributed by atoms with Crippen molar-refractivity contribution in [3.63, 3.8) is 0 Å². The van der Waals surface area contributed by atoms with Crippen molar-refractivity contribution in [1.82, 2.24) is 24.2 Å². The van der Waals surface area contributed by atoms with Gasteiger partial charge in [-0.2, -0.15) is 4.31 Å². The fourth-order valence-corrected chi connectivity index (χ4v) is 8.28. The van der Waals surface area contributed by atoms with Gasteiger partial charge in [-0.3, -0.25) is 10.2 Å². The highest BCUT2D eigenvalue weighted by molar-refractivity contribution is 7.91. The number of thiazole rings is 1. The van der Waals surface area contributed by atoms with E-state index in [1.54, 1.807) is 18.3 Å². The molecular weight excluding hydrogens is 522 g/mol. The van der Waals surface area contributed by atoms with E-state index in [0.29, 0.717) is 37.8 Å². The van der Waals surface area contributed by atoms with Crippen molar-refractivity contribution in [2.75, 3.05) is 43.4 Å². The molecule has 0 unspecified atom stereocenters. The standard InChI is InChI=1S/C22H29N7O4S3/c1-12-11-34-17-16(12)25-18(15-4-5-15)26-19(17)23-13(2)10-28-6-8-29(9-7-28)36(32,33)20-14(3)24-21(35-20)27-22(30)31/h11,13,15H,4-10H2,1-3H3,(H,24,27)(H,30,31)(H,23,25,26)/t13-/m0/s1. The second-order valence-electron chi connectivity index (χ2n) is 9.37. The monoisotopic (exact) mass is 551 g/mol. The first-order valence-corrected chi connectivity index (χ1v) is 15.0. The number of carboxylic acid groups (broad SMARTS) is 1. The molecule has 0 spiro atoms. The van der Waals surface area contributed by atoms with E-state index in [2.05, 4.69) is 39.7 Å². The highest BCUT2D eigenvalue weighted by Crippen LogP contribution is 2.40. The molecule has 5 rings (SSSR count). The molecule has 11 nitrogen and oxygen atoms in total. The molecule has 3 aromatic heterocycles. The number of nitrogens with one attached hydrogen (secondary N) is 2. The van der Waals surface area contributed by atoms with Crippen molar-refractivity contribution in [3.05, 3.63) is 22.5 Å². The number of sulfonamides is 1. The second-order valence-corrected chi connectivity index (χ2v) is 13.4. The lowest BCUT2D eigenvalue weighted by atomic mass is 10.2. The molecule has 1 atom stereocenters. The Morgan fingerprint density at radius 1 is 1.19 bits per heavy atom. The molecule has 0 aromatic carbocycles. The molecule has 2 fully saturated rings. The van der Waals surface area contributed by atoms with Gasteiger partial charge in [-0.1, -0.05) is 11.3 Å². The van der Waals surface area contributed by atoms with Crippen LogP contribution >= 0.6 is 22.7 Å². The van der Waals surface area contributed by atoms with Crippen molar-refractivity contribution in [3.8, 4) is 0 Å². The Balaban J connectivity index is 1.21. The number of rotatable bonds is 8. The third-order valence-electron chi connectivity index (χ3n) is 6.34. The molecule has 3 aromatic rings. The van der Waals surface area contributed by atoms with E-state index < -0.39 is 16.1 Å². The summed E-state index contributed by atoms with van der Waals surface area (Å²) in [6.07, 6.45) is 1.02. The Labute approximate surface area is 217 Å². The van der Waals surface area contributed by atoms with Crippen LogP contribution in [-0.4, -0.2) is 82.5 Å². The molecule has 1 amide bonds. The van der Waals surface area contributed by atoms with Crippen LogP contribution in [0.25, 0.3) is 10.2 Å². The van der Waals surface area contributed by atoms with Crippen molar-refractivity contribution in [2.24, 2.45) is 0 Å². The predicted octanol–water partition coefficient (Wildman–Crippen LogP) is 3.54. The van der Waals surface area contributed by atoms with Crippen LogP contribution in [-0.2, 0) is 10.0 Å². The maximum atomic E-state index is 13.2. The molecule has 0 bridgehead atoms. The van der Waals surface area contributed by atoms with Gasteiger partial charge in [0.15, 0.2) is 9.34 Å². The number of aromatic nitrogens is 3. The predicted molar refractivity (Wildman–Crippen MR) is 141 cm³/mol. The maximum Gasteiger partial charge on any atom is 0.410 e. The summed E-state index contributed by atoms with van der Waals surface area (Å²) < 4.78 is 29.0. The number of thiophene rings is 1. The smallest absolute Gasteiger partial charge is 0.410 e. The maximum absolute atomic E-state index is 13.2. The molecule has 0 radical (unpaired) electrons. The summed E-state index contributed by atoms with van der Waals surface area (Å²) >= 11 is 2.50. The number of carbonyl (C=O) groups is 1. The van der Waals surface area contributed by atoms with E-state index in [4.69, 9.17) is 15.1 Å². The van der Waals surface area contributed by atoms with Crippen LogP contribution in [0.3, 0.4) is 0 Å². The van der Waals surface area contributed by atoms with Crippen LogP contribution in [0.4, 0.5) is 15.7 Å². The molecule has 1 saturated carbocycles. The molecular formula is C22H29N7O4S3. The van der Waals surface area contributed by atoms with Crippen molar-refractivity contribution in [2.45, 2.75) is 49.8 Å². The summed E-state index contributed by atoms with van der Waals surface area (Å²) in [7, 11) is -3.74. The Kier molecular flexibility index (Phi) is 6.89. The van der Waals surface area contributed by atoms with Crippen LogP contribution in [0.15, 0.2) is 9.59 Å². The quantitative estimate of drug-likeness (QED) is 0.383. The van der Waals surface area contributed by atoms with Crippen molar-refractivity contribution in [1.29, 1.82) is 0 Å². The first kappa shape index (κ1) is 25.3. The molecule has 1 aliphatic carbocycles. The highest BCUT2D eigenvalue weighted by Gasteiger charge is 2.33. The van der Waals surface area contributed by atoms with Gasteiger partial charge in [0.1, 0.15) is 11.6 Å². The van der Waals surface area contributed by atoms with E-state index in [0.717, 1.165) is 52.6 Å². The molecule has 3 N–H and O–H groups in total. The second kappa shape index (κ2) is 9.82. The molecule has 2 aliphatic rings. The number of hydrogen-bond donors (Lipinski definition) is 3. The summed E-state index contributed by atoms with van der Waals surface area (Å²) in [6, 6.07) is 0.120. The SMILES string of the molecule is Cc1nc(NC(=O)O)sc1S(=O)(=O)N1CCN(C[C@H](C)Nc2nc(C3CC3)nc3c(C)csc23)CC1. The Morgan fingerprint density at radius 3 is 2.58 bits per heavy atom. The number of amides is 1. The Hall–Kier alpha value is -2.39.